The van der Waals surface area contributed by atoms with Crippen molar-refractivity contribution < 1.29 is 4.79 Å². The van der Waals surface area contributed by atoms with Gasteiger partial charge < -0.3 is 10.2 Å². The average Bonchev–Trinajstić information content (AvgIpc) is 2.54. The Labute approximate surface area is 163 Å². The number of hydrogen-bond acceptors (Lipinski definition) is 6. The zero-order valence-corrected chi connectivity index (χ0v) is 17.5. The van der Waals surface area contributed by atoms with E-state index in [1.807, 2.05) is 31.0 Å². The lowest BCUT2D eigenvalue weighted by Gasteiger charge is -2.26. The van der Waals surface area contributed by atoms with Crippen LogP contribution in [0.25, 0.3) is 0 Å². The van der Waals surface area contributed by atoms with Crippen molar-refractivity contribution in [2.45, 2.75) is 37.7 Å². The van der Waals surface area contributed by atoms with Gasteiger partial charge in [0, 0.05) is 31.1 Å². The predicted molar refractivity (Wildman–Crippen MR) is 106 cm³/mol. The smallest absolute Gasteiger partial charge is 0.251 e. The molecule has 2 rings (SSSR count). The van der Waals surface area contributed by atoms with E-state index in [1.54, 1.807) is 13.1 Å². The molecule has 0 aliphatic rings. The van der Waals surface area contributed by atoms with E-state index in [9.17, 15) is 4.79 Å². The van der Waals surface area contributed by atoms with E-state index >= 15 is 0 Å². The van der Waals surface area contributed by atoms with E-state index in [1.165, 1.54) is 11.8 Å². The molecule has 0 saturated heterocycles. The van der Waals surface area contributed by atoms with Crippen LogP contribution in [0, 0.1) is 12.3 Å². The molecule has 6 nitrogen and oxygen atoms in total. The summed E-state index contributed by atoms with van der Waals surface area (Å²) in [7, 11) is 3.54. The third-order valence-electron chi connectivity index (χ3n) is 3.51. The van der Waals surface area contributed by atoms with Crippen LogP contribution in [-0.4, -0.2) is 41.5 Å². The molecule has 0 unspecified atom stereocenters. The molecule has 0 aliphatic heterocycles. The summed E-state index contributed by atoms with van der Waals surface area (Å²) in [6.07, 6.45) is 0. The Morgan fingerprint density at radius 3 is 2.58 bits per heavy atom. The molecule has 1 aromatic carbocycles. The number of anilines is 1. The summed E-state index contributed by atoms with van der Waals surface area (Å²) in [4.78, 5) is 27.7. The maximum atomic E-state index is 11.9. The van der Waals surface area contributed by atoms with Crippen LogP contribution in [0.5, 0.6) is 0 Å². The minimum atomic E-state index is -0.133. The van der Waals surface area contributed by atoms with E-state index in [0.29, 0.717) is 16.7 Å². The van der Waals surface area contributed by atoms with Gasteiger partial charge in [-0.15, -0.1) is 0 Å². The summed E-state index contributed by atoms with van der Waals surface area (Å²) < 4.78 is 0. The van der Waals surface area contributed by atoms with E-state index in [4.69, 9.17) is 11.6 Å². The lowest BCUT2D eigenvalue weighted by atomic mass is 9.96. The van der Waals surface area contributed by atoms with E-state index in [-0.39, 0.29) is 16.6 Å². The number of halogens is 1. The predicted octanol–water partition coefficient (Wildman–Crippen LogP) is 3.83. The Kier molecular flexibility index (Phi) is 6.47. The van der Waals surface area contributed by atoms with E-state index < -0.39 is 0 Å². The number of nitrogens with one attached hydrogen (secondary N) is 1. The molecule has 8 heteroatoms. The van der Waals surface area contributed by atoms with Crippen LogP contribution in [0.15, 0.2) is 28.3 Å². The number of carbonyl (C=O) groups excluding carboxylic acids is 1. The second-order valence-corrected chi connectivity index (χ2v) is 8.61. The van der Waals surface area contributed by atoms with E-state index in [2.05, 4.69) is 41.0 Å². The largest absolute Gasteiger partial charge is 0.355 e. The topological polar surface area (TPSA) is 71.0 Å². The van der Waals surface area contributed by atoms with Gasteiger partial charge in [0.05, 0.1) is 0 Å². The number of hydrogen-bond donors (Lipinski definition) is 1. The first kappa shape index (κ1) is 20.5. The summed E-state index contributed by atoms with van der Waals surface area (Å²) in [5.41, 5.74) is 1.72. The molecule has 0 bridgehead atoms. The number of benzene rings is 1. The van der Waals surface area contributed by atoms with Crippen molar-refractivity contribution in [1.29, 1.82) is 0 Å². The summed E-state index contributed by atoms with van der Waals surface area (Å²) in [6, 6.07) is 5.53. The fourth-order valence-corrected chi connectivity index (χ4v) is 3.49. The lowest BCUT2D eigenvalue weighted by molar-refractivity contribution is 0.0963. The third-order valence-corrected chi connectivity index (χ3v) is 4.70. The van der Waals surface area contributed by atoms with Gasteiger partial charge in [-0.25, -0.2) is 0 Å². The van der Waals surface area contributed by atoms with Crippen molar-refractivity contribution in [3.05, 3.63) is 34.6 Å². The normalized spacial score (nSPS) is 11.3. The summed E-state index contributed by atoms with van der Waals surface area (Å²) in [5, 5.41) is 3.28. The number of aryl methyl sites for hydroxylation is 1. The first-order chi connectivity index (χ1) is 12.1. The summed E-state index contributed by atoms with van der Waals surface area (Å²) in [5.74, 6) is 0.397. The fraction of sp³-hybridized carbons (Fsp3) is 0.444. The summed E-state index contributed by atoms with van der Waals surface area (Å²) in [6.45, 7) is 9.20. The number of rotatable bonds is 5. The highest BCUT2D eigenvalue weighted by atomic mass is 35.5. The molecule has 2 aromatic rings. The minimum absolute atomic E-state index is 0.0968. The monoisotopic (exact) mass is 393 g/mol. The van der Waals surface area contributed by atoms with Gasteiger partial charge in [0.25, 0.3) is 5.91 Å². The Hall–Kier alpha value is -1.86. The number of aromatic nitrogens is 3. The quantitative estimate of drug-likeness (QED) is 0.832. The first-order valence-electron chi connectivity index (χ1n) is 8.22. The van der Waals surface area contributed by atoms with Gasteiger partial charge >= 0.3 is 0 Å². The van der Waals surface area contributed by atoms with Crippen LogP contribution < -0.4 is 10.2 Å². The van der Waals surface area contributed by atoms with Crippen molar-refractivity contribution in [3.63, 3.8) is 0 Å². The van der Waals surface area contributed by atoms with Crippen molar-refractivity contribution >= 4 is 35.2 Å². The number of amides is 1. The molecule has 0 spiro atoms. The van der Waals surface area contributed by atoms with Crippen LogP contribution in [0.3, 0.4) is 0 Å². The van der Waals surface area contributed by atoms with Gasteiger partial charge in [0.1, 0.15) is 0 Å². The summed E-state index contributed by atoms with van der Waals surface area (Å²) >= 11 is 7.48. The molecule has 1 N–H and O–H groups in total. The Balaban J connectivity index is 2.31. The molecule has 0 fully saturated rings. The maximum absolute atomic E-state index is 11.9. The Morgan fingerprint density at radius 2 is 1.96 bits per heavy atom. The first-order valence-corrected chi connectivity index (χ1v) is 9.42. The SMILES string of the molecule is CNC(=O)c1ccc(C)c(Sc2nc(Cl)nc(N(C)CC(C)(C)C)n2)c1. The van der Waals surface area contributed by atoms with E-state index in [0.717, 1.165) is 17.0 Å². The fourth-order valence-electron chi connectivity index (χ4n) is 2.41. The zero-order valence-electron chi connectivity index (χ0n) is 15.9. The molecular formula is C18H24ClN5OS. The molecule has 26 heavy (non-hydrogen) atoms. The van der Waals surface area contributed by atoms with Crippen LogP contribution >= 0.6 is 23.4 Å². The molecule has 1 amide bonds. The van der Waals surface area contributed by atoms with Crippen molar-refractivity contribution in [1.82, 2.24) is 20.3 Å². The molecule has 1 heterocycles. The second-order valence-electron chi connectivity index (χ2n) is 7.27. The van der Waals surface area contributed by atoms with Gasteiger partial charge in [0.15, 0.2) is 5.16 Å². The van der Waals surface area contributed by atoms with Gasteiger partial charge in [-0.1, -0.05) is 26.8 Å². The van der Waals surface area contributed by atoms with Crippen molar-refractivity contribution in [2.75, 3.05) is 25.5 Å². The zero-order chi connectivity index (χ0) is 19.5. The van der Waals surface area contributed by atoms with Crippen LogP contribution in [-0.2, 0) is 0 Å². The minimum Gasteiger partial charge on any atom is -0.355 e. The maximum Gasteiger partial charge on any atom is 0.251 e. The molecule has 1 aromatic heterocycles. The number of carbonyl (C=O) groups is 1. The standard InChI is InChI=1S/C18H24ClN5OS/c1-11-7-8-12(14(25)20-5)9-13(11)26-17-22-15(19)21-16(23-17)24(6)10-18(2,3)4/h7-9H,10H2,1-6H3,(H,20,25). The second kappa shape index (κ2) is 8.22. The van der Waals surface area contributed by atoms with Crippen LogP contribution in [0.4, 0.5) is 5.95 Å². The lowest BCUT2D eigenvalue weighted by Crippen LogP contribution is -2.30. The molecule has 0 radical (unpaired) electrons. The third kappa shape index (κ3) is 5.57. The molecule has 0 aliphatic carbocycles. The van der Waals surface area contributed by atoms with Gasteiger partial charge in [-0.3, -0.25) is 4.79 Å². The van der Waals surface area contributed by atoms with Crippen LogP contribution in [0.1, 0.15) is 36.7 Å². The van der Waals surface area contributed by atoms with Gasteiger partial charge in [-0.2, -0.15) is 15.0 Å². The Morgan fingerprint density at radius 1 is 1.27 bits per heavy atom. The van der Waals surface area contributed by atoms with Crippen LogP contribution in [0.2, 0.25) is 5.28 Å². The van der Waals surface area contributed by atoms with Gasteiger partial charge in [-0.05, 0) is 53.4 Å². The van der Waals surface area contributed by atoms with Crippen molar-refractivity contribution in [3.8, 4) is 0 Å². The average molecular weight is 394 g/mol. The molecule has 0 saturated carbocycles. The highest BCUT2D eigenvalue weighted by Crippen LogP contribution is 2.30. The highest BCUT2D eigenvalue weighted by molar-refractivity contribution is 7.99. The molecule has 140 valence electrons. The molecular weight excluding hydrogens is 370 g/mol. The number of nitrogens with zero attached hydrogens (tertiary/aromatic N) is 4. The van der Waals surface area contributed by atoms with Crippen molar-refractivity contribution in [2.24, 2.45) is 5.41 Å². The van der Waals surface area contributed by atoms with Gasteiger partial charge in [0.2, 0.25) is 11.2 Å². The Bertz CT molecular complexity index is 807. The highest BCUT2D eigenvalue weighted by Gasteiger charge is 2.18. The molecule has 0 atom stereocenters.